The van der Waals surface area contributed by atoms with Crippen molar-refractivity contribution >= 4 is 27.4 Å². The van der Waals surface area contributed by atoms with Gasteiger partial charge in [0.25, 0.3) is 6.08 Å². The van der Waals surface area contributed by atoms with Gasteiger partial charge in [0.05, 0.1) is 0 Å². The Kier molecular flexibility index (Phi) is 2.98. The lowest BCUT2D eigenvalue weighted by Gasteiger charge is -1.88. The molecule has 0 atom stereocenters. The van der Waals surface area contributed by atoms with Gasteiger partial charge in [0.1, 0.15) is 4.21 Å². The van der Waals surface area contributed by atoms with Gasteiger partial charge in [0.15, 0.2) is 0 Å². The zero-order valence-electron chi connectivity index (χ0n) is 6.85. The zero-order valence-corrected chi connectivity index (χ0v) is 8.48. The van der Waals surface area contributed by atoms with E-state index in [0.717, 1.165) is 28.7 Å². The number of hydrogen-bond donors (Lipinski definition) is 0. The minimum absolute atomic E-state index is 0.0905. The first-order valence-electron chi connectivity index (χ1n) is 3.53. The Balaban J connectivity index is 3.15. The smallest absolute Gasteiger partial charge is 0.210 e. The monoisotopic (exact) mass is 217 g/mol. The maximum absolute atomic E-state index is 11.1. The summed E-state index contributed by atoms with van der Waals surface area (Å²) in [6.07, 6.45) is 1.80. The highest BCUT2D eigenvalue weighted by atomic mass is 32.2. The third-order valence-corrected chi connectivity index (χ3v) is 4.26. The first kappa shape index (κ1) is 10.1. The number of sulfonamides is 1. The molecule has 0 saturated heterocycles. The molecule has 70 valence electrons. The molecule has 4 nitrogen and oxygen atoms in total. The Bertz CT molecular complexity index is 440. The molecule has 0 N–H and O–H groups in total. The molecule has 1 rings (SSSR count). The molecule has 0 aliphatic carbocycles. The van der Waals surface area contributed by atoms with Crippen molar-refractivity contribution in [3.8, 4) is 0 Å². The van der Waals surface area contributed by atoms with E-state index in [2.05, 4.69) is 4.40 Å². The lowest BCUT2D eigenvalue weighted by Crippen LogP contribution is -1.91. The topological polar surface area (TPSA) is 63.6 Å². The van der Waals surface area contributed by atoms with Gasteiger partial charge in [-0.2, -0.15) is 8.42 Å². The number of carbonyl (C=O) groups excluding carboxylic acids is 1. The lowest BCUT2D eigenvalue weighted by atomic mass is 10.4. The van der Waals surface area contributed by atoms with E-state index >= 15 is 0 Å². The van der Waals surface area contributed by atoms with Crippen LogP contribution in [0.15, 0.2) is 20.7 Å². The van der Waals surface area contributed by atoms with Crippen LogP contribution >= 0.6 is 11.3 Å². The SMILES string of the molecule is CCc1ccc(S(=O)(=O)N=C=O)s1. The number of rotatable bonds is 3. The quantitative estimate of drug-likeness (QED) is 0.567. The first-order valence-corrected chi connectivity index (χ1v) is 5.78. The molecule has 0 fully saturated rings. The summed E-state index contributed by atoms with van der Waals surface area (Å²) in [5.74, 6) is 0. The summed E-state index contributed by atoms with van der Waals surface area (Å²) in [6, 6.07) is 3.15. The van der Waals surface area contributed by atoms with Crippen molar-refractivity contribution in [3.05, 3.63) is 17.0 Å². The first-order chi connectivity index (χ1) is 6.10. The maximum atomic E-state index is 11.1. The highest BCUT2D eigenvalue weighted by Crippen LogP contribution is 2.23. The molecule has 0 amide bonds. The normalized spacial score (nSPS) is 10.8. The molecule has 0 bridgehead atoms. The number of hydrogen-bond acceptors (Lipinski definition) is 4. The summed E-state index contributed by atoms with van der Waals surface area (Å²) in [5.41, 5.74) is 0. The van der Waals surface area contributed by atoms with Crippen LogP contribution in [0.2, 0.25) is 0 Å². The van der Waals surface area contributed by atoms with Crippen LogP contribution in [0.4, 0.5) is 0 Å². The van der Waals surface area contributed by atoms with Crippen LogP contribution < -0.4 is 0 Å². The van der Waals surface area contributed by atoms with Crippen molar-refractivity contribution in [1.29, 1.82) is 0 Å². The van der Waals surface area contributed by atoms with Gasteiger partial charge < -0.3 is 0 Å². The third-order valence-electron chi connectivity index (χ3n) is 1.40. The van der Waals surface area contributed by atoms with E-state index in [9.17, 15) is 13.2 Å². The lowest BCUT2D eigenvalue weighted by molar-refractivity contribution is 0.564. The average Bonchev–Trinajstić information content (AvgIpc) is 2.52. The van der Waals surface area contributed by atoms with E-state index in [1.54, 1.807) is 6.07 Å². The maximum Gasteiger partial charge on any atom is 0.302 e. The molecule has 1 heterocycles. The van der Waals surface area contributed by atoms with Crippen LogP contribution in [-0.2, 0) is 21.2 Å². The molecule has 0 spiro atoms. The van der Waals surface area contributed by atoms with E-state index in [0.29, 0.717) is 0 Å². The van der Waals surface area contributed by atoms with Crippen molar-refractivity contribution in [1.82, 2.24) is 0 Å². The van der Waals surface area contributed by atoms with Crippen LogP contribution in [0.5, 0.6) is 0 Å². The second kappa shape index (κ2) is 3.83. The standard InChI is InChI=1S/C7H7NO3S2/c1-2-6-3-4-7(12-6)13(10,11)8-5-9/h3-4H,2H2,1H3. The molecule has 13 heavy (non-hydrogen) atoms. The fourth-order valence-corrected chi connectivity index (χ4v) is 2.74. The van der Waals surface area contributed by atoms with Crippen LogP contribution in [0, 0.1) is 0 Å². The third kappa shape index (κ3) is 2.24. The second-order valence-electron chi connectivity index (χ2n) is 2.23. The van der Waals surface area contributed by atoms with Gasteiger partial charge in [-0.3, -0.25) is 0 Å². The summed E-state index contributed by atoms with van der Waals surface area (Å²) < 4.78 is 25.1. The summed E-state index contributed by atoms with van der Waals surface area (Å²) in [5, 5.41) is 0. The van der Waals surface area contributed by atoms with Crippen LogP contribution in [-0.4, -0.2) is 14.5 Å². The summed E-state index contributed by atoms with van der Waals surface area (Å²) in [4.78, 5) is 10.7. The number of nitrogens with zero attached hydrogens (tertiary/aromatic N) is 1. The second-order valence-corrected chi connectivity index (χ2v) is 5.23. The summed E-state index contributed by atoms with van der Waals surface area (Å²) in [6.45, 7) is 1.92. The minimum Gasteiger partial charge on any atom is -0.210 e. The largest absolute Gasteiger partial charge is 0.302 e. The molecule has 0 aliphatic rings. The molecule has 0 unspecified atom stereocenters. The average molecular weight is 217 g/mol. The van der Waals surface area contributed by atoms with E-state index in [-0.39, 0.29) is 4.21 Å². The molecule has 0 saturated carbocycles. The zero-order chi connectivity index (χ0) is 9.90. The Hall–Kier alpha value is -0.970. The van der Waals surface area contributed by atoms with E-state index < -0.39 is 10.0 Å². The highest BCUT2D eigenvalue weighted by molar-refractivity contribution is 7.92. The number of isocyanates is 1. The Morgan fingerprint density at radius 1 is 1.54 bits per heavy atom. The fraction of sp³-hybridized carbons (Fsp3) is 0.286. The van der Waals surface area contributed by atoms with E-state index in [1.165, 1.54) is 6.07 Å². The van der Waals surface area contributed by atoms with Crippen molar-refractivity contribution in [2.24, 2.45) is 4.40 Å². The number of aryl methyl sites for hydroxylation is 1. The number of thiophene rings is 1. The van der Waals surface area contributed by atoms with Gasteiger partial charge in [-0.05, 0) is 18.6 Å². The van der Waals surface area contributed by atoms with E-state index in [1.807, 2.05) is 6.92 Å². The van der Waals surface area contributed by atoms with Gasteiger partial charge in [0, 0.05) is 4.88 Å². The summed E-state index contributed by atoms with van der Waals surface area (Å²) in [7, 11) is -3.78. The van der Waals surface area contributed by atoms with Gasteiger partial charge in [-0.15, -0.1) is 11.3 Å². The minimum atomic E-state index is -3.78. The van der Waals surface area contributed by atoms with Crippen molar-refractivity contribution < 1.29 is 13.2 Å². The molecule has 6 heteroatoms. The molecule has 1 aromatic rings. The Labute approximate surface area is 80.0 Å². The summed E-state index contributed by atoms with van der Waals surface area (Å²) >= 11 is 1.12. The van der Waals surface area contributed by atoms with Crippen molar-refractivity contribution in [2.75, 3.05) is 0 Å². The van der Waals surface area contributed by atoms with Gasteiger partial charge in [-0.1, -0.05) is 11.3 Å². The highest BCUT2D eigenvalue weighted by Gasteiger charge is 2.14. The Morgan fingerprint density at radius 2 is 2.23 bits per heavy atom. The molecule has 0 aliphatic heterocycles. The van der Waals surface area contributed by atoms with Crippen LogP contribution in [0.1, 0.15) is 11.8 Å². The van der Waals surface area contributed by atoms with Crippen molar-refractivity contribution in [3.63, 3.8) is 0 Å². The fourth-order valence-electron chi connectivity index (χ4n) is 0.781. The molecular weight excluding hydrogens is 210 g/mol. The molecule has 0 aromatic carbocycles. The van der Waals surface area contributed by atoms with Gasteiger partial charge in [-0.25, -0.2) is 4.79 Å². The Morgan fingerprint density at radius 3 is 2.69 bits per heavy atom. The molecule has 1 aromatic heterocycles. The van der Waals surface area contributed by atoms with Crippen LogP contribution in [0.25, 0.3) is 0 Å². The molecule has 0 radical (unpaired) electrons. The van der Waals surface area contributed by atoms with Crippen LogP contribution in [0.3, 0.4) is 0 Å². The van der Waals surface area contributed by atoms with Gasteiger partial charge in [0.2, 0.25) is 0 Å². The molecular formula is C7H7NO3S2. The van der Waals surface area contributed by atoms with E-state index in [4.69, 9.17) is 0 Å². The van der Waals surface area contributed by atoms with Gasteiger partial charge >= 0.3 is 10.0 Å². The predicted octanol–water partition coefficient (Wildman–Crippen LogP) is 1.34. The predicted molar refractivity (Wildman–Crippen MR) is 49.0 cm³/mol. The van der Waals surface area contributed by atoms with Crippen molar-refractivity contribution in [2.45, 2.75) is 17.6 Å².